The Morgan fingerprint density at radius 1 is 1.41 bits per heavy atom. The molecule has 2 bridgehead atoms. The molecule has 1 N–H and O–H groups in total. The van der Waals surface area contributed by atoms with Gasteiger partial charge in [0.25, 0.3) is 0 Å². The van der Waals surface area contributed by atoms with Crippen LogP contribution in [0.5, 0.6) is 0 Å². The number of fused-ring (bicyclic) bond motifs is 2. The Hall–Kier alpha value is -1.89. The summed E-state index contributed by atoms with van der Waals surface area (Å²) >= 11 is 2.01. The smallest absolute Gasteiger partial charge is 0.411 e. The van der Waals surface area contributed by atoms with Gasteiger partial charge in [0.05, 0.1) is 6.07 Å². The molecule has 4 atom stereocenters. The van der Waals surface area contributed by atoms with Gasteiger partial charge in [0, 0.05) is 16.0 Å². The fourth-order valence-corrected chi connectivity index (χ4v) is 4.65. The lowest BCUT2D eigenvalue weighted by Gasteiger charge is -2.35. The molecular formula is C21H25FIN3O3. The van der Waals surface area contributed by atoms with E-state index in [1.54, 1.807) is 32.9 Å². The van der Waals surface area contributed by atoms with E-state index in [9.17, 15) is 19.2 Å². The Kier molecular flexibility index (Phi) is 6.36. The number of benzene rings is 1. The number of piperidine rings is 1. The van der Waals surface area contributed by atoms with Crippen LogP contribution in [0.15, 0.2) is 18.2 Å². The number of rotatable bonds is 4. The molecule has 3 rings (SSSR count). The minimum atomic E-state index is -0.878. The molecule has 0 aromatic heterocycles. The monoisotopic (exact) mass is 513 g/mol. The summed E-state index contributed by atoms with van der Waals surface area (Å²) in [6.07, 6.45) is 2.05. The van der Waals surface area contributed by atoms with Crippen LogP contribution in [0.3, 0.4) is 0 Å². The highest BCUT2D eigenvalue weighted by Crippen LogP contribution is 2.43. The third kappa shape index (κ3) is 5.00. The molecule has 2 fully saturated rings. The van der Waals surface area contributed by atoms with Crippen molar-refractivity contribution in [1.82, 2.24) is 10.2 Å². The zero-order valence-electron chi connectivity index (χ0n) is 16.7. The minimum Gasteiger partial charge on any atom is -0.444 e. The van der Waals surface area contributed by atoms with E-state index in [1.165, 1.54) is 11.0 Å². The van der Waals surface area contributed by atoms with Crippen LogP contribution in [0.2, 0.25) is 0 Å². The van der Waals surface area contributed by atoms with Crippen molar-refractivity contribution >= 4 is 34.6 Å². The highest BCUT2D eigenvalue weighted by atomic mass is 127. The van der Waals surface area contributed by atoms with Crippen molar-refractivity contribution in [2.45, 2.75) is 70.2 Å². The molecule has 29 heavy (non-hydrogen) atoms. The van der Waals surface area contributed by atoms with E-state index in [-0.39, 0.29) is 24.3 Å². The van der Waals surface area contributed by atoms with Crippen LogP contribution in [0.1, 0.15) is 45.6 Å². The first-order chi connectivity index (χ1) is 13.6. The van der Waals surface area contributed by atoms with Gasteiger partial charge in [-0.25, -0.2) is 9.18 Å². The van der Waals surface area contributed by atoms with Crippen molar-refractivity contribution in [3.8, 4) is 6.07 Å². The van der Waals surface area contributed by atoms with Crippen molar-refractivity contribution in [3.05, 3.63) is 33.1 Å². The van der Waals surface area contributed by atoms with Gasteiger partial charge < -0.3 is 10.1 Å². The molecule has 0 spiro atoms. The number of likely N-dealkylation sites (tertiary alicyclic amines) is 1. The van der Waals surface area contributed by atoms with Crippen LogP contribution in [0, 0.1) is 26.6 Å². The molecule has 1 saturated heterocycles. The summed E-state index contributed by atoms with van der Waals surface area (Å²) in [6.45, 7) is 5.36. The standard InChI is InChI=1S/C21H25FIN3O3/c1-21(2,3)29-20(28)26-16-7-5-13(9-16)18(26)19(27)25-15(11-24)8-12-4-6-14(23)10-17(12)22/h4,6,10,13,15-16,18H,5,7-9H2,1-3H3,(H,25,27)/t13-,15-,16+,18-/m0/s1. The molecule has 1 aromatic carbocycles. The molecule has 1 heterocycles. The van der Waals surface area contributed by atoms with E-state index >= 15 is 0 Å². The quantitative estimate of drug-likeness (QED) is 0.622. The first-order valence-electron chi connectivity index (χ1n) is 9.74. The summed E-state index contributed by atoms with van der Waals surface area (Å²) in [4.78, 5) is 27.2. The number of carbonyl (C=O) groups is 2. The molecular weight excluding hydrogens is 488 g/mol. The highest BCUT2D eigenvalue weighted by Gasteiger charge is 2.52. The average molecular weight is 513 g/mol. The van der Waals surface area contributed by atoms with Gasteiger partial charge in [-0.05, 0) is 86.2 Å². The van der Waals surface area contributed by atoms with Crippen LogP contribution in [0.25, 0.3) is 0 Å². The maximum atomic E-state index is 14.1. The Labute approximate surface area is 183 Å². The van der Waals surface area contributed by atoms with E-state index in [4.69, 9.17) is 4.74 Å². The van der Waals surface area contributed by atoms with E-state index in [0.717, 1.165) is 22.8 Å². The predicted octanol–water partition coefficient (Wildman–Crippen LogP) is 3.77. The number of hydrogen-bond donors (Lipinski definition) is 1. The molecule has 1 aliphatic carbocycles. The molecule has 0 radical (unpaired) electrons. The number of carbonyl (C=O) groups excluding carboxylic acids is 2. The van der Waals surface area contributed by atoms with E-state index in [1.807, 2.05) is 28.7 Å². The number of nitriles is 1. The first-order valence-corrected chi connectivity index (χ1v) is 10.8. The fourth-order valence-electron chi connectivity index (χ4n) is 4.20. The second-order valence-electron chi connectivity index (χ2n) is 8.69. The van der Waals surface area contributed by atoms with Crippen molar-refractivity contribution in [1.29, 1.82) is 5.26 Å². The molecule has 156 valence electrons. The van der Waals surface area contributed by atoms with E-state index in [2.05, 4.69) is 5.32 Å². The second-order valence-corrected chi connectivity index (χ2v) is 9.94. The summed E-state index contributed by atoms with van der Waals surface area (Å²) in [5.41, 5.74) is -0.286. The van der Waals surface area contributed by atoms with Crippen molar-refractivity contribution in [3.63, 3.8) is 0 Å². The summed E-state index contributed by atoms with van der Waals surface area (Å²) in [5.74, 6) is -0.718. The lowest BCUT2D eigenvalue weighted by molar-refractivity contribution is -0.128. The zero-order chi connectivity index (χ0) is 21.3. The summed E-state index contributed by atoms with van der Waals surface area (Å²) in [7, 11) is 0. The topological polar surface area (TPSA) is 82.4 Å². The lowest BCUT2D eigenvalue weighted by Crippen LogP contribution is -2.55. The van der Waals surface area contributed by atoms with Gasteiger partial charge in [0.15, 0.2) is 0 Å². The molecule has 1 aromatic rings. The Balaban J connectivity index is 1.72. The SMILES string of the molecule is CC(C)(C)OC(=O)N1[C@@H]2CC[C@@H](C2)[C@H]1C(=O)N[C@H](C#N)Cc1ccc(I)cc1F. The van der Waals surface area contributed by atoms with Gasteiger partial charge in [-0.15, -0.1) is 0 Å². The fraction of sp³-hybridized carbons (Fsp3) is 0.571. The van der Waals surface area contributed by atoms with Crippen molar-refractivity contribution < 1.29 is 18.7 Å². The maximum Gasteiger partial charge on any atom is 0.411 e. The third-order valence-electron chi connectivity index (χ3n) is 5.37. The normalized spacial score (nSPS) is 24.1. The average Bonchev–Trinajstić information content (AvgIpc) is 3.23. The van der Waals surface area contributed by atoms with Gasteiger partial charge in [0.1, 0.15) is 23.5 Å². The maximum absolute atomic E-state index is 14.1. The van der Waals surface area contributed by atoms with Gasteiger partial charge >= 0.3 is 6.09 Å². The summed E-state index contributed by atoms with van der Waals surface area (Å²) in [5, 5.41) is 12.2. The van der Waals surface area contributed by atoms with Crippen LogP contribution in [0.4, 0.5) is 9.18 Å². The number of hydrogen-bond acceptors (Lipinski definition) is 4. The lowest BCUT2D eigenvalue weighted by atomic mass is 9.97. The third-order valence-corrected chi connectivity index (χ3v) is 6.04. The van der Waals surface area contributed by atoms with Crippen LogP contribution < -0.4 is 5.32 Å². The number of ether oxygens (including phenoxy) is 1. The van der Waals surface area contributed by atoms with E-state index in [0.29, 0.717) is 5.56 Å². The summed E-state index contributed by atoms with van der Waals surface area (Å²) in [6, 6.07) is 5.27. The molecule has 1 saturated carbocycles. The first kappa shape index (κ1) is 21.8. The number of amides is 2. The van der Waals surface area contributed by atoms with Crippen LogP contribution in [-0.4, -0.2) is 40.6 Å². The molecule has 6 nitrogen and oxygen atoms in total. The number of halogens is 2. The Bertz CT molecular complexity index is 849. The number of nitrogens with zero attached hydrogens (tertiary/aromatic N) is 2. The van der Waals surface area contributed by atoms with Crippen LogP contribution >= 0.6 is 22.6 Å². The van der Waals surface area contributed by atoms with Gasteiger partial charge in [0.2, 0.25) is 5.91 Å². The minimum absolute atomic E-state index is 0.0141. The highest BCUT2D eigenvalue weighted by molar-refractivity contribution is 14.1. The zero-order valence-corrected chi connectivity index (χ0v) is 18.9. The molecule has 1 aliphatic heterocycles. The molecule has 2 amide bonds. The van der Waals surface area contributed by atoms with Crippen LogP contribution in [-0.2, 0) is 16.0 Å². The Morgan fingerprint density at radius 3 is 2.76 bits per heavy atom. The predicted molar refractivity (Wildman–Crippen MR) is 113 cm³/mol. The van der Waals surface area contributed by atoms with E-state index < -0.39 is 29.6 Å². The number of nitrogens with one attached hydrogen (secondary N) is 1. The van der Waals surface area contributed by atoms with Gasteiger partial charge in [-0.2, -0.15) is 5.26 Å². The van der Waals surface area contributed by atoms with Crippen molar-refractivity contribution in [2.24, 2.45) is 5.92 Å². The second kappa shape index (κ2) is 8.46. The molecule has 0 unspecified atom stereocenters. The molecule has 2 aliphatic rings. The molecule has 8 heteroatoms. The summed E-state index contributed by atoms with van der Waals surface area (Å²) < 4.78 is 20.4. The largest absolute Gasteiger partial charge is 0.444 e. The Morgan fingerprint density at radius 2 is 2.14 bits per heavy atom. The van der Waals surface area contributed by atoms with Gasteiger partial charge in [-0.1, -0.05) is 6.07 Å². The van der Waals surface area contributed by atoms with Gasteiger partial charge in [-0.3, -0.25) is 9.69 Å². The van der Waals surface area contributed by atoms with Crippen molar-refractivity contribution in [2.75, 3.05) is 0 Å².